The molecule has 2 fully saturated rings. The van der Waals surface area contributed by atoms with Crippen LogP contribution in [0.1, 0.15) is 38.5 Å². The molecule has 1 amide bonds. The summed E-state index contributed by atoms with van der Waals surface area (Å²) in [7, 11) is -1.41. The van der Waals surface area contributed by atoms with Crippen LogP contribution in [0, 0.1) is 0 Å². The molecule has 1 aliphatic heterocycles. The van der Waals surface area contributed by atoms with Crippen molar-refractivity contribution in [3.8, 4) is 5.75 Å². The van der Waals surface area contributed by atoms with Crippen molar-refractivity contribution in [1.29, 1.82) is 0 Å². The first-order valence-corrected chi connectivity index (χ1v) is 12.9. The number of benzene rings is 1. The Morgan fingerprint density at radius 1 is 1.24 bits per heavy atom. The van der Waals surface area contributed by atoms with Crippen molar-refractivity contribution in [1.82, 2.24) is 14.9 Å². The average molecular weight is 438 g/mol. The molecular formula is C20H27N3O4S2. The molecule has 2 aliphatic rings. The van der Waals surface area contributed by atoms with Crippen LogP contribution < -0.4 is 4.74 Å². The summed E-state index contributed by atoms with van der Waals surface area (Å²) in [6, 6.07) is 5.60. The third-order valence-electron chi connectivity index (χ3n) is 5.86. The number of hydrogen-bond donors (Lipinski definition) is 1. The Kier molecular flexibility index (Phi) is 6.06. The van der Waals surface area contributed by atoms with E-state index < -0.39 is 9.84 Å². The minimum absolute atomic E-state index is 0.0158. The standard InChI is InChI=1S/C20H27N3O4S2/c1-27-16-7-8-17-18(11-16)22-20(21-17)28-12-19(24)23(14-5-3-2-4-6-14)15-9-10-29(25,26)13-15/h7-8,11,14-15H,2-6,9-10,12-13H2,1H3,(H,21,22)/t15-/m0/s1. The van der Waals surface area contributed by atoms with Gasteiger partial charge in [0.05, 0.1) is 35.4 Å². The number of imidazole rings is 1. The fourth-order valence-corrected chi connectivity index (χ4v) is 6.89. The van der Waals surface area contributed by atoms with Gasteiger partial charge >= 0.3 is 0 Å². The zero-order chi connectivity index (χ0) is 20.4. The van der Waals surface area contributed by atoms with Gasteiger partial charge in [0.1, 0.15) is 5.75 Å². The molecule has 1 saturated carbocycles. The Hall–Kier alpha value is -1.74. The van der Waals surface area contributed by atoms with Crippen molar-refractivity contribution in [2.45, 2.75) is 55.8 Å². The van der Waals surface area contributed by atoms with Crippen LogP contribution in [0.25, 0.3) is 11.0 Å². The summed E-state index contributed by atoms with van der Waals surface area (Å²) >= 11 is 1.37. The van der Waals surface area contributed by atoms with E-state index >= 15 is 0 Å². The number of nitrogens with zero attached hydrogens (tertiary/aromatic N) is 2. The molecule has 1 atom stereocenters. The van der Waals surface area contributed by atoms with Gasteiger partial charge in [-0.15, -0.1) is 0 Å². The molecule has 1 aromatic heterocycles. The van der Waals surface area contributed by atoms with Gasteiger partial charge in [0.25, 0.3) is 0 Å². The smallest absolute Gasteiger partial charge is 0.233 e. The first-order valence-electron chi connectivity index (χ1n) is 10.1. The number of aromatic nitrogens is 2. The molecule has 158 valence electrons. The molecule has 0 radical (unpaired) electrons. The van der Waals surface area contributed by atoms with Crippen LogP contribution >= 0.6 is 11.8 Å². The SMILES string of the molecule is COc1ccc2nc(SCC(=O)N(C3CCCCC3)[C@H]3CCS(=O)(=O)C3)[nH]c2c1. The van der Waals surface area contributed by atoms with Crippen LogP contribution in [0.4, 0.5) is 0 Å². The summed E-state index contributed by atoms with van der Waals surface area (Å²) in [5, 5.41) is 0.684. The Morgan fingerprint density at radius 3 is 2.72 bits per heavy atom. The fourth-order valence-electron chi connectivity index (χ4n) is 4.42. The number of sulfone groups is 1. The van der Waals surface area contributed by atoms with Crippen LogP contribution in [0.2, 0.25) is 0 Å². The zero-order valence-corrected chi connectivity index (χ0v) is 18.2. The number of rotatable bonds is 6. The Labute approximate surface area is 175 Å². The number of methoxy groups -OCH3 is 1. The third-order valence-corrected chi connectivity index (χ3v) is 8.47. The van der Waals surface area contributed by atoms with Crippen molar-refractivity contribution < 1.29 is 17.9 Å². The molecule has 1 N–H and O–H groups in total. The molecule has 2 aromatic rings. The van der Waals surface area contributed by atoms with Crippen molar-refractivity contribution >= 4 is 38.5 Å². The first kappa shape index (κ1) is 20.5. The normalized spacial score (nSPS) is 22.0. The number of H-pyrrole nitrogens is 1. The van der Waals surface area contributed by atoms with E-state index in [9.17, 15) is 13.2 Å². The number of thioether (sulfide) groups is 1. The second-order valence-corrected chi connectivity index (χ2v) is 11.1. The highest BCUT2D eigenvalue weighted by atomic mass is 32.2. The minimum atomic E-state index is -3.03. The largest absolute Gasteiger partial charge is 0.497 e. The van der Waals surface area contributed by atoms with Crippen LogP contribution in [-0.2, 0) is 14.6 Å². The summed E-state index contributed by atoms with van der Waals surface area (Å²) in [4.78, 5) is 22.9. The molecule has 7 nitrogen and oxygen atoms in total. The number of nitrogens with one attached hydrogen (secondary N) is 1. The van der Waals surface area contributed by atoms with Crippen LogP contribution in [-0.4, -0.2) is 65.6 Å². The number of aromatic amines is 1. The fraction of sp³-hybridized carbons (Fsp3) is 0.600. The van der Waals surface area contributed by atoms with Crippen molar-refractivity contribution in [3.63, 3.8) is 0 Å². The van der Waals surface area contributed by atoms with Gasteiger partial charge in [-0.25, -0.2) is 13.4 Å². The lowest BCUT2D eigenvalue weighted by Crippen LogP contribution is -2.49. The maximum Gasteiger partial charge on any atom is 0.233 e. The van der Waals surface area contributed by atoms with E-state index in [0.29, 0.717) is 11.6 Å². The molecule has 4 rings (SSSR count). The highest BCUT2D eigenvalue weighted by molar-refractivity contribution is 7.99. The molecule has 0 bridgehead atoms. The van der Waals surface area contributed by atoms with E-state index in [2.05, 4.69) is 9.97 Å². The molecule has 2 heterocycles. The highest BCUT2D eigenvalue weighted by Crippen LogP contribution is 2.30. The van der Waals surface area contributed by atoms with Gasteiger partial charge in [0, 0.05) is 18.2 Å². The van der Waals surface area contributed by atoms with Gasteiger partial charge in [0.15, 0.2) is 15.0 Å². The summed E-state index contributed by atoms with van der Waals surface area (Å²) in [6.45, 7) is 0. The second-order valence-electron chi connectivity index (χ2n) is 7.86. The number of ether oxygens (including phenoxy) is 1. The Morgan fingerprint density at radius 2 is 2.03 bits per heavy atom. The maximum absolute atomic E-state index is 13.2. The number of carbonyl (C=O) groups excluding carboxylic acids is 1. The van der Waals surface area contributed by atoms with E-state index in [0.717, 1.165) is 42.5 Å². The van der Waals surface area contributed by atoms with Crippen LogP contribution in [0.5, 0.6) is 5.75 Å². The van der Waals surface area contributed by atoms with Crippen molar-refractivity contribution in [3.05, 3.63) is 18.2 Å². The van der Waals surface area contributed by atoms with Gasteiger partial charge in [0.2, 0.25) is 5.91 Å². The second kappa shape index (κ2) is 8.55. The van der Waals surface area contributed by atoms with Crippen LogP contribution in [0.3, 0.4) is 0 Å². The Balaban J connectivity index is 1.47. The van der Waals surface area contributed by atoms with Gasteiger partial charge < -0.3 is 14.6 Å². The molecule has 1 aliphatic carbocycles. The monoisotopic (exact) mass is 437 g/mol. The van der Waals surface area contributed by atoms with Crippen molar-refractivity contribution in [2.75, 3.05) is 24.4 Å². The number of fused-ring (bicyclic) bond motifs is 1. The molecule has 1 aromatic carbocycles. The first-order chi connectivity index (χ1) is 13.9. The molecule has 29 heavy (non-hydrogen) atoms. The van der Waals surface area contributed by atoms with E-state index in [1.54, 1.807) is 7.11 Å². The van der Waals surface area contributed by atoms with E-state index in [1.807, 2.05) is 23.1 Å². The van der Waals surface area contributed by atoms with Crippen LogP contribution in [0.15, 0.2) is 23.4 Å². The summed E-state index contributed by atoms with van der Waals surface area (Å²) in [5.41, 5.74) is 1.69. The average Bonchev–Trinajstić information content (AvgIpc) is 3.29. The third kappa shape index (κ3) is 4.71. The molecule has 9 heteroatoms. The lowest BCUT2D eigenvalue weighted by Gasteiger charge is -2.38. The number of carbonyl (C=O) groups is 1. The van der Waals surface area contributed by atoms with Gasteiger partial charge in [-0.2, -0.15) is 0 Å². The molecule has 0 unspecified atom stereocenters. The highest BCUT2D eigenvalue weighted by Gasteiger charge is 2.38. The number of amides is 1. The zero-order valence-electron chi connectivity index (χ0n) is 16.6. The summed E-state index contributed by atoms with van der Waals surface area (Å²) < 4.78 is 29.3. The maximum atomic E-state index is 13.2. The quantitative estimate of drug-likeness (QED) is 0.699. The Bertz CT molecular complexity index is 983. The van der Waals surface area contributed by atoms with E-state index in [1.165, 1.54) is 18.2 Å². The van der Waals surface area contributed by atoms with E-state index in [4.69, 9.17) is 4.74 Å². The summed E-state index contributed by atoms with van der Waals surface area (Å²) in [5.74, 6) is 1.31. The lowest BCUT2D eigenvalue weighted by atomic mass is 9.93. The molecule has 1 saturated heterocycles. The lowest BCUT2D eigenvalue weighted by molar-refractivity contribution is -0.133. The van der Waals surface area contributed by atoms with Gasteiger partial charge in [-0.1, -0.05) is 31.0 Å². The van der Waals surface area contributed by atoms with E-state index in [-0.39, 0.29) is 35.2 Å². The van der Waals surface area contributed by atoms with Gasteiger partial charge in [-0.05, 0) is 31.4 Å². The molecule has 0 spiro atoms. The predicted molar refractivity (Wildman–Crippen MR) is 114 cm³/mol. The number of hydrogen-bond acceptors (Lipinski definition) is 6. The minimum Gasteiger partial charge on any atom is -0.497 e. The summed E-state index contributed by atoms with van der Waals surface area (Å²) in [6.07, 6.45) is 5.89. The molecular weight excluding hydrogens is 410 g/mol. The topological polar surface area (TPSA) is 92.4 Å². The van der Waals surface area contributed by atoms with Gasteiger partial charge in [-0.3, -0.25) is 4.79 Å². The predicted octanol–water partition coefficient (Wildman–Crippen LogP) is 3.01. The van der Waals surface area contributed by atoms with Crippen molar-refractivity contribution in [2.24, 2.45) is 0 Å².